The monoisotopic (exact) mass is 588 g/mol. The molecule has 0 spiro atoms. The highest BCUT2D eigenvalue weighted by molar-refractivity contribution is 5.92. The number of carbonyl (C=O) groups is 4. The van der Waals surface area contributed by atoms with Gasteiger partial charge in [-0.05, 0) is 57.6 Å². The number of rotatable bonds is 20. The van der Waals surface area contributed by atoms with Crippen LogP contribution in [0.1, 0.15) is 129 Å². The SMILES string of the molecule is CCCCCCCCN(C(=O)C(CCC(N)=O)NC(=O)OC(C)(C)C)C(C(=O)NCCCCC)c1ccc(CC)cc1. The lowest BCUT2D eigenvalue weighted by atomic mass is 9.99. The van der Waals surface area contributed by atoms with Crippen molar-refractivity contribution < 1.29 is 23.9 Å². The first kappa shape index (κ1) is 36.9. The van der Waals surface area contributed by atoms with Gasteiger partial charge in [0.25, 0.3) is 0 Å². The van der Waals surface area contributed by atoms with E-state index < -0.39 is 35.6 Å². The fourth-order valence-electron chi connectivity index (χ4n) is 4.71. The van der Waals surface area contributed by atoms with E-state index in [2.05, 4.69) is 31.4 Å². The van der Waals surface area contributed by atoms with Gasteiger partial charge >= 0.3 is 6.09 Å². The molecule has 1 aromatic carbocycles. The van der Waals surface area contributed by atoms with E-state index in [9.17, 15) is 19.2 Å². The molecule has 0 bridgehead atoms. The molecule has 238 valence electrons. The first-order valence-electron chi connectivity index (χ1n) is 15.9. The van der Waals surface area contributed by atoms with Gasteiger partial charge in [0.05, 0.1) is 0 Å². The number of alkyl carbamates (subject to hydrolysis) is 1. The maximum Gasteiger partial charge on any atom is 0.408 e. The van der Waals surface area contributed by atoms with Crippen molar-refractivity contribution in [2.75, 3.05) is 13.1 Å². The molecular formula is C33H56N4O5. The van der Waals surface area contributed by atoms with E-state index in [0.29, 0.717) is 25.1 Å². The summed E-state index contributed by atoms with van der Waals surface area (Å²) in [4.78, 5) is 54.1. The molecule has 0 fully saturated rings. The Morgan fingerprint density at radius 2 is 1.48 bits per heavy atom. The Hall–Kier alpha value is -3.10. The van der Waals surface area contributed by atoms with E-state index in [1.54, 1.807) is 25.7 Å². The van der Waals surface area contributed by atoms with Crippen LogP contribution in [0.25, 0.3) is 0 Å². The van der Waals surface area contributed by atoms with Crippen LogP contribution in [-0.2, 0) is 25.5 Å². The number of nitrogens with zero attached hydrogens (tertiary/aromatic N) is 1. The zero-order valence-electron chi connectivity index (χ0n) is 26.9. The van der Waals surface area contributed by atoms with Gasteiger partial charge in [0.1, 0.15) is 17.7 Å². The fraction of sp³-hybridized carbons (Fsp3) is 0.697. The van der Waals surface area contributed by atoms with Crippen LogP contribution < -0.4 is 16.4 Å². The van der Waals surface area contributed by atoms with E-state index in [1.165, 1.54) is 0 Å². The first-order valence-corrected chi connectivity index (χ1v) is 15.9. The van der Waals surface area contributed by atoms with Gasteiger partial charge in [0.15, 0.2) is 0 Å². The molecule has 0 aliphatic rings. The number of ether oxygens (including phenoxy) is 1. The second kappa shape index (κ2) is 19.9. The summed E-state index contributed by atoms with van der Waals surface area (Å²) in [5.74, 6) is -1.29. The number of aryl methyl sites for hydroxylation is 1. The van der Waals surface area contributed by atoms with Gasteiger partial charge < -0.3 is 26.0 Å². The predicted octanol–water partition coefficient (Wildman–Crippen LogP) is 5.94. The summed E-state index contributed by atoms with van der Waals surface area (Å²) in [6, 6.07) is 5.77. The van der Waals surface area contributed by atoms with Crippen molar-refractivity contribution in [1.29, 1.82) is 0 Å². The minimum atomic E-state index is -1.09. The van der Waals surface area contributed by atoms with E-state index in [0.717, 1.165) is 63.4 Å². The molecule has 1 rings (SSSR count). The lowest BCUT2D eigenvalue weighted by Gasteiger charge is -2.34. The predicted molar refractivity (Wildman–Crippen MR) is 168 cm³/mol. The average molecular weight is 589 g/mol. The number of amides is 4. The van der Waals surface area contributed by atoms with E-state index in [4.69, 9.17) is 10.5 Å². The lowest BCUT2D eigenvalue weighted by molar-refractivity contribution is -0.142. The topological polar surface area (TPSA) is 131 Å². The normalized spacial score (nSPS) is 12.7. The maximum atomic E-state index is 14.3. The number of unbranched alkanes of at least 4 members (excludes halogenated alkanes) is 7. The minimum absolute atomic E-state index is 0.0000209. The summed E-state index contributed by atoms with van der Waals surface area (Å²) < 4.78 is 5.42. The summed E-state index contributed by atoms with van der Waals surface area (Å²) in [5.41, 5.74) is 6.47. The lowest BCUT2D eigenvalue weighted by Crippen LogP contribution is -2.53. The van der Waals surface area contributed by atoms with Crippen molar-refractivity contribution in [2.45, 2.75) is 136 Å². The second-order valence-electron chi connectivity index (χ2n) is 12.0. The molecule has 0 aliphatic carbocycles. The second-order valence-corrected chi connectivity index (χ2v) is 12.0. The number of nitrogens with two attached hydrogens (primary N) is 1. The molecule has 0 aliphatic heterocycles. The molecule has 0 aromatic heterocycles. The molecular weight excluding hydrogens is 532 g/mol. The molecule has 0 saturated carbocycles. The molecule has 0 heterocycles. The highest BCUT2D eigenvalue weighted by atomic mass is 16.6. The molecule has 1 aromatic rings. The van der Waals surface area contributed by atoms with E-state index in [1.807, 2.05) is 24.3 Å². The van der Waals surface area contributed by atoms with Crippen LogP contribution in [0.4, 0.5) is 4.79 Å². The molecule has 2 atom stereocenters. The first-order chi connectivity index (χ1) is 19.9. The highest BCUT2D eigenvalue weighted by Crippen LogP contribution is 2.25. The largest absolute Gasteiger partial charge is 0.444 e. The zero-order valence-corrected chi connectivity index (χ0v) is 26.9. The third kappa shape index (κ3) is 14.7. The maximum absolute atomic E-state index is 14.3. The molecule has 9 nitrogen and oxygen atoms in total. The summed E-state index contributed by atoms with van der Waals surface area (Å²) in [6.07, 6.45) is 8.91. The Labute approximate surface area is 253 Å². The Balaban J connectivity index is 3.45. The summed E-state index contributed by atoms with van der Waals surface area (Å²) in [6.45, 7) is 12.4. The third-order valence-electron chi connectivity index (χ3n) is 7.05. The van der Waals surface area contributed by atoms with Gasteiger partial charge in [0.2, 0.25) is 17.7 Å². The number of nitrogens with one attached hydrogen (secondary N) is 2. The van der Waals surface area contributed by atoms with Gasteiger partial charge in [-0.2, -0.15) is 0 Å². The number of primary amides is 1. The van der Waals surface area contributed by atoms with Crippen LogP contribution in [0.15, 0.2) is 24.3 Å². The van der Waals surface area contributed by atoms with Crippen LogP contribution >= 0.6 is 0 Å². The van der Waals surface area contributed by atoms with Crippen molar-refractivity contribution in [2.24, 2.45) is 5.73 Å². The van der Waals surface area contributed by atoms with Crippen molar-refractivity contribution >= 4 is 23.8 Å². The Bertz CT molecular complexity index is 958. The standard InChI is InChI=1S/C33H56N4O5/c1-7-10-12-13-14-16-24-37(31(40)27(21-22-28(34)38)36-32(41)42-33(4,5)6)29(30(39)35-23-15-11-8-2)26-19-17-25(9-3)18-20-26/h17-20,27,29H,7-16,21-24H2,1-6H3,(H2,34,38)(H,35,39)(H,36,41). The van der Waals surface area contributed by atoms with Gasteiger partial charge in [0, 0.05) is 19.5 Å². The summed E-state index contributed by atoms with van der Waals surface area (Å²) >= 11 is 0. The molecule has 0 saturated heterocycles. The Kier molecular flexibility index (Phi) is 17.5. The van der Waals surface area contributed by atoms with Crippen LogP contribution in [0.2, 0.25) is 0 Å². The van der Waals surface area contributed by atoms with Crippen LogP contribution in [0.3, 0.4) is 0 Å². The fourth-order valence-corrected chi connectivity index (χ4v) is 4.71. The van der Waals surface area contributed by atoms with Crippen LogP contribution in [-0.4, -0.2) is 53.4 Å². The number of benzene rings is 1. The third-order valence-corrected chi connectivity index (χ3v) is 7.05. The molecule has 9 heteroatoms. The van der Waals surface area contributed by atoms with Crippen molar-refractivity contribution in [3.63, 3.8) is 0 Å². The van der Waals surface area contributed by atoms with Gasteiger partial charge in [-0.1, -0.05) is 90.0 Å². The van der Waals surface area contributed by atoms with Crippen molar-refractivity contribution in [1.82, 2.24) is 15.5 Å². The highest BCUT2D eigenvalue weighted by Gasteiger charge is 2.36. The van der Waals surface area contributed by atoms with Crippen LogP contribution in [0.5, 0.6) is 0 Å². The number of hydrogen-bond donors (Lipinski definition) is 3. The van der Waals surface area contributed by atoms with Gasteiger partial charge in [-0.3, -0.25) is 14.4 Å². The van der Waals surface area contributed by atoms with E-state index in [-0.39, 0.29) is 18.7 Å². The van der Waals surface area contributed by atoms with Gasteiger partial charge in [-0.15, -0.1) is 0 Å². The quantitative estimate of drug-likeness (QED) is 0.162. The zero-order chi connectivity index (χ0) is 31.5. The summed E-state index contributed by atoms with van der Waals surface area (Å²) in [7, 11) is 0. The van der Waals surface area contributed by atoms with Crippen LogP contribution in [0, 0.1) is 0 Å². The minimum Gasteiger partial charge on any atom is -0.444 e. The summed E-state index contributed by atoms with van der Waals surface area (Å²) in [5, 5.41) is 5.70. The molecule has 2 unspecified atom stereocenters. The van der Waals surface area contributed by atoms with Gasteiger partial charge in [-0.25, -0.2) is 4.79 Å². The molecule has 42 heavy (non-hydrogen) atoms. The van der Waals surface area contributed by atoms with Crippen molar-refractivity contribution in [3.8, 4) is 0 Å². The molecule has 0 radical (unpaired) electrons. The van der Waals surface area contributed by atoms with Crippen molar-refractivity contribution in [3.05, 3.63) is 35.4 Å². The smallest absolute Gasteiger partial charge is 0.408 e. The number of carbonyl (C=O) groups excluding carboxylic acids is 4. The molecule has 4 amide bonds. The molecule has 4 N–H and O–H groups in total. The average Bonchev–Trinajstić information content (AvgIpc) is 2.93. The van der Waals surface area contributed by atoms with E-state index >= 15 is 0 Å². The Morgan fingerprint density at radius 1 is 0.881 bits per heavy atom. The number of hydrogen-bond acceptors (Lipinski definition) is 5. The Morgan fingerprint density at radius 3 is 2.05 bits per heavy atom.